The van der Waals surface area contributed by atoms with E-state index >= 15 is 0 Å². The summed E-state index contributed by atoms with van der Waals surface area (Å²) in [6.07, 6.45) is 2.38. The summed E-state index contributed by atoms with van der Waals surface area (Å²) < 4.78 is 47.8. The van der Waals surface area contributed by atoms with Gasteiger partial charge in [0.05, 0.1) is 42.6 Å². The molecule has 1 aromatic carbocycles. The number of nitrogens with one attached hydrogen (secondary N) is 1. The average molecular weight is 582 g/mol. The third-order valence-electron chi connectivity index (χ3n) is 6.50. The molecule has 0 atom stereocenters. The van der Waals surface area contributed by atoms with Crippen LogP contribution < -0.4 is 5.32 Å². The number of nitrogens with zero attached hydrogens (tertiary/aromatic N) is 6. The minimum atomic E-state index is -4.48. The minimum Gasteiger partial charge on any atom is -0.440 e. The summed E-state index contributed by atoms with van der Waals surface area (Å²) in [5.41, 5.74) is 0.342. The number of ether oxygens (including phenoxy) is 1. The number of amides is 1. The number of ketones is 1. The van der Waals surface area contributed by atoms with E-state index in [0.717, 1.165) is 12.1 Å². The number of Topliss-reactive ketones (excluding diaryl/α,β-unsaturated/α-hetero) is 1. The van der Waals surface area contributed by atoms with Gasteiger partial charge < -0.3 is 15.0 Å². The Hall–Kier alpha value is -5.01. The zero-order valence-electron chi connectivity index (χ0n) is 22.5. The fraction of sp³-hybridized carbons (Fsp3) is 0.286. The van der Waals surface area contributed by atoms with Crippen molar-refractivity contribution in [3.05, 3.63) is 83.6 Å². The molecular formula is C28H26F3N7O4. The van der Waals surface area contributed by atoms with Gasteiger partial charge in [-0.25, -0.2) is 9.78 Å². The number of halogens is 3. The van der Waals surface area contributed by atoms with Gasteiger partial charge in [0.1, 0.15) is 5.82 Å². The molecule has 0 bridgehead atoms. The van der Waals surface area contributed by atoms with E-state index in [4.69, 9.17) is 4.74 Å². The molecule has 4 aromatic rings. The van der Waals surface area contributed by atoms with Gasteiger partial charge in [0.2, 0.25) is 0 Å². The summed E-state index contributed by atoms with van der Waals surface area (Å²) in [4.78, 5) is 48.3. The lowest BCUT2D eigenvalue weighted by Crippen LogP contribution is -2.43. The summed E-state index contributed by atoms with van der Waals surface area (Å²) in [6, 6.07) is 8.05. The van der Waals surface area contributed by atoms with Crippen LogP contribution in [0, 0.1) is 0 Å². The van der Waals surface area contributed by atoms with Crippen molar-refractivity contribution < 1.29 is 32.3 Å². The van der Waals surface area contributed by atoms with Crippen molar-refractivity contribution in [3.8, 4) is 11.4 Å². The molecule has 0 unspecified atom stereocenters. The minimum absolute atomic E-state index is 0.0465. The number of esters is 1. The third kappa shape index (κ3) is 6.16. The van der Waals surface area contributed by atoms with E-state index < -0.39 is 30.3 Å². The Morgan fingerprint density at radius 3 is 2.71 bits per heavy atom. The number of hydrogen-bond acceptors (Lipinski definition) is 8. The Balaban J connectivity index is 1.45. The Morgan fingerprint density at radius 1 is 1.14 bits per heavy atom. The van der Waals surface area contributed by atoms with E-state index in [0.29, 0.717) is 24.0 Å². The lowest BCUT2D eigenvalue weighted by Gasteiger charge is -2.27. The number of carbonyl (C=O) groups excluding carboxylic acids is 3. The molecule has 5 rings (SSSR count). The van der Waals surface area contributed by atoms with Crippen molar-refractivity contribution in [1.82, 2.24) is 29.2 Å². The number of rotatable bonds is 10. The van der Waals surface area contributed by atoms with Crippen molar-refractivity contribution in [2.24, 2.45) is 0 Å². The first-order valence-electron chi connectivity index (χ1n) is 13.1. The molecule has 1 N–H and O–H groups in total. The quantitative estimate of drug-likeness (QED) is 0.276. The largest absolute Gasteiger partial charge is 0.440 e. The van der Waals surface area contributed by atoms with E-state index in [-0.39, 0.29) is 48.4 Å². The van der Waals surface area contributed by atoms with Gasteiger partial charge in [-0.2, -0.15) is 18.3 Å². The third-order valence-corrected chi connectivity index (χ3v) is 6.50. The number of carbonyl (C=O) groups is 3. The van der Waals surface area contributed by atoms with Crippen molar-refractivity contribution in [3.63, 3.8) is 0 Å². The monoisotopic (exact) mass is 581 g/mol. The van der Waals surface area contributed by atoms with Gasteiger partial charge in [-0.15, -0.1) is 0 Å². The van der Waals surface area contributed by atoms with Crippen LogP contribution in [0.5, 0.6) is 0 Å². The second kappa shape index (κ2) is 11.8. The van der Waals surface area contributed by atoms with Crippen LogP contribution >= 0.6 is 0 Å². The summed E-state index contributed by atoms with van der Waals surface area (Å²) in [5.74, 6) is -0.779. The topological polar surface area (TPSA) is 124 Å². The van der Waals surface area contributed by atoms with E-state index in [2.05, 4.69) is 20.4 Å². The highest BCUT2D eigenvalue weighted by atomic mass is 19.4. The second-order valence-electron chi connectivity index (χ2n) is 9.61. The normalized spacial score (nSPS) is 13.0. The highest BCUT2D eigenvalue weighted by Crippen LogP contribution is 2.31. The van der Waals surface area contributed by atoms with Crippen LogP contribution in [0.4, 0.5) is 19.0 Å². The van der Waals surface area contributed by atoms with Crippen molar-refractivity contribution in [1.29, 1.82) is 0 Å². The molecule has 0 saturated carbocycles. The smallest absolute Gasteiger partial charge is 0.416 e. The zero-order chi connectivity index (χ0) is 29.9. The summed E-state index contributed by atoms with van der Waals surface area (Å²) in [5, 5.41) is 7.31. The number of imidazole rings is 1. The molecule has 0 spiro atoms. The highest BCUT2D eigenvalue weighted by Gasteiger charge is 2.33. The number of alkyl halides is 3. The molecule has 14 heteroatoms. The molecule has 4 heterocycles. The number of benzene rings is 1. The molecule has 0 saturated heterocycles. The maximum Gasteiger partial charge on any atom is 0.416 e. The van der Waals surface area contributed by atoms with Crippen LogP contribution in [0.2, 0.25) is 0 Å². The fourth-order valence-electron chi connectivity index (χ4n) is 4.52. The number of fused-ring (bicyclic) bond motifs is 1. The predicted molar refractivity (Wildman–Crippen MR) is 143 cm³/mol. The molecule has 1 amide bonds. The summed E-state index contributed by atoms with van der Waals surface area (Å²) >= 11 is 0. The molecule has 0 fully saturated rings. The van der Waals surface area contributed by atoms with Gasteiger partial charge in [0.25, 0.3) is 5.91 Å². The Morgan fingerprint density at radius 2 is 1.98 bits per heavy atom. The van der Waals surface area contributed by atoms with Gasteiger partial charge in [0, 0.05) is 25.0 Å². The lowest BCUT2D eigenvalue weighted by atomic mass is 10.1. The number of pyridine rings is 1. The Bertz CT molecular complexity index is 1620. The van der Waals surface area contributed by atoms with Crippen LogP contribution in [0.25, 0.3) is 11.4 Å². The van der Waals surface area contributed by atoms with Crippen LogP contribution in [0.15, 0.2) is 61.2 Å². The first-order chi connectivity index (χ1) is 20.1. The molecular weight excluding hydrogens is 555 g/mol. The number of aromatic nitrogens is 5. The molecule has 42 heavy (non-hydrogen) atoms. The summed E-state index contributed by atoms with van der Waals surface area (Å²) in [6.45, 7) is 1.49. The first kappa shape index (κ1) is 28.5. The van der Waals surface area contributed by atoms with Gasteiger partial charge in [0.15, 0.2) is 24.0 Å². The molecule has 218 valence electrons. The molecule has 0 aliphatic carbocycles. The van der Waals surface area contributed by atoms with Crippen molar-refractivity contribution in [2.75, 3.05) is 18.5 Å². The molecule has 11 nitrogen and oxygen atoms in total. The zero-order valence-corrected chi connectivity index (χ0v) is 22.5. The molecule has 3 aromatic heterocycles. The van der Waals surface area contributed by atoms with Crippen LogP contribution in [0.1, 0.15) is 51.7 Å². The molecule has 1 aliphatic rings. The van der Waals surface area contributed by atoms with E-state index in [9.17, 15) is 27.6 Å². The van der Waals surface area contributed by atoms with E-state index in [1.165, 1.54) is 44.9 Å². The van der Waals surface area contributed by atoms with Gasteiger partial charge in [-0.3, -0.25) is 23.8 Å². The maximum atomic E-state index is 13.5. The van der Waals surface area contributed by atoms with Crippen LogP contribution in [-0.2, 0) is 29.0 Å². The second-order valence-corrected chi connectivity index (χ2v) is 9.61. The van der Waals surface area contributed by atoms with Gasteiger partial charge in [-0.1, -0.05) is 19.1 Å². The van der Waals surface area contributed by atoms with Crippen LogP contribution in [-0.4, -0.2) is 60.1 Å². The van der Waals surface area contributed by atoms with Crippen molar-refractivity contribution in [2.45, 2.75) is 39.2 Å². The van der Waals surface area contributed by atoms with Gasteiger partial charge >= 0.3 is 12.1 Å². The highest BCUT2D eigenvalue weighted by molar-refractivity contribution is 6.01. The van der Waals surface area contributed by atoms with E-state index in [1.807, 2.05) is 6.92 Å². The Labute approximate surface area is 237 Å². The molecule has 0 radical (unpaired) electrons. The van der Waals surface area contributed by atoms with Gasteiger partial charge in [-0.05, 0) is 36.2 Å². The molecule has 1 aliphatic heterocycles. The fourth-order valence-corrected chi connectivity index (χ4v) is 4.52. The average Bonchev–Trinajstić information content (AvgIpc) is 3.58. The summed E-state index contributed by atoms with van der Waals surface area (Å²) in [7, 11) is 0. The predicted octanol–water partition coefficient (Wildman–Crippen LogP) is 4.22. The Kier molecular flexibility index (Phi) is 8.04. The number of hydrogen-bond donors (Lipinski definition) is 1. The van der Waals surface area contributed by atoms with Crippen molar-refractivity contribution >= 4 is 23.5 Å². The van der Waals surface area contributed by atoms with E-state index in [1.54, 1.807) is 18.3 Å². The standard InChI is InChI=1S/C28H26F3N7O4/c1-2-5-22(39)15-36-16-33-24-23(26(36)40)38(17-42-27(41)19-7-4-9-32-11-19)25(35-24)20-12-34-37(14-20)13-18-6-3-8-21(10-18)28(29,30)31/h3-4,6-12,14,33H,2,5,13,15-17H2,1H3. The first-order valence-corrected chi connectivity index (χ1v) is 13.1. The lowest BCUT2D eigenvalue weighted by molar-refractivity contribution is -0.137. The number of anilines is 1. The maximum absolute atomic E-state index is 13.5. The van der Waals surface area contributed by atoms with Crippen LogP contribution in [0.3, 0.4) is 0 Å². The SMILES string of the molecule is CCCC(=O)CN1CNc2nc(-c3cnn(Cc4cccc(C(F)(F)F)c4)c3)n(COC(=O)c3cccnc3)c2C1=O.